The molecular weight excluding hydrogens is 305 g/mol. The fourth-order valence-electron chi connectivity index (χ4n) is 1.66. The number of anilines is 1. The second-order valence-corrected chi connectivity index (χ2v) is 4.98. The summed E-state index contributed by atoms with van der Waals surface area (Å²) in [7, 11) is 0. The van der Waals surface area contributed by atoms with Crippen molar-refractivity contribution in [2.24, 2.45) is 0 Å². The van der Waals surface area contributed by atoms with Gasteiger partial charge in [0.2, 0.25) is 0 Å². The Bertz CT molecular complexity index is 492. The third-order valence-electron chi connectivity index (χ3n) is 2.54. The summed E-state index contributed by atoms with van der Waals surface area (Å²) in [5, 5.41) is 9.96. The largest absolute Gasteiger partial charge is 1.00 e. The van der Waals surface area contributed by atoms with Crippen molar-refractivity contribution in [1.29, 1.82) is 0 Å². The van der Waals surface area contributed by atoms with Crippen molar-refractivity contribution in [2.45, 2.75) is 19.8 Å². The highest BCUT2D eigenvalue weighted by Gasteiger charge is 2.28. The molecule has 0 unspecified atom stereocenters. The van der Waals surface area contributed by atoms with Gasteiger partial charge in [0.15, 0.2) is 0 Å². The monoisotopic (exact) mass is 320 g/mol. The number of hydrogen-bond acceptors (Lipinski definition) is 5. The smallest absolute Gasteiger partial charge is 0.297 e. The molecular formula is C12H16Cl2N3OS. The average molecular weight is 321 g/mol. The second-order valence-electron chi connectivity index (χ2n) is 3.81. The Labute approximate surface area is 129 Å². The van der Waals surface area contributed by atoms with Crippen LogP contribution in [0.1, 0.15) is 18.9 Å². The Balaban J connectivity index is 0.00000162. The predicted octanol–water partition coefficient (Wildman–Crippen LogP) is -1.27. The van der Waals surface area contributed by atoms with Crippen LogP contribution in [0, 0.1) is 0 Å². The molecule has 2 rings (SSSR count). The van der Waals surface area contributed by atoms with Gasteiger partial charge in [-0.2, -0.15) is 0 Å². The van der Waals surface area contributed by atoms with Gasteiger partial charge < -0.3 is 23.2 Å². The molecule has 1 aliphatic rings. The number of thioether (sulfide) groups is 1. The van der Waals surface area contributed by atoms with Gasteiger partial charge in [-0.15, -0.1) is 12.4 Å². The van der Waals surface area contributed by atoms with Gasteiger partial charge in [-0.05, 0) is 17.8 Å². The van der Waals surface area contributed by atoms with E-state index in [1.54, 1.807) is 18.0 Å². The van der Waals surface area contributed by atoms with E-state index in [0.29, 0.717) is 18.7 Å². The first-order chi connectivity index (χ1) is 8.20. The van der Waals surface area contributed by atoms with E-state index in [4.69, 9.17) is 10.8 Å². The highest BCUT2D eigenvalue weighted by molar-refractivity contribution is 8.17. The first-order valence-corrected chi connectivity index (χ1v) is 6.27. The third-order valence-corrected chi connectivity index (χ3v) is 3.76. The van der Waals surface area contributed by atoms with Gasteiger partial charge in [0.05, 0.1) is 16.3 Å². The molecule has 0 bridgehead atoms. The molecule has 0 saturated carbocycles. The number of nitrogen functional groups attached to an aromatic ring is 1. The van der Waals surface area contributed by atoms with Gasteiger partial charge in [-0.25, -0.2) is 4.98 Å². The summed E-state index contributed by atoms with van der Waals surface area (Å²) < 4.78 is 0. The Kier molecular flexibility index (Phi) is 8.09. The number of pyridine rings is 1. The minimum atomic E-state index is 0. The zero-order valence-electron chi connectivity index (χ0n) is 10.5. The molecule has 0 aromatic carbocycles. The minimum absolute atomic E-state index is 0. The Morgan fingerprint density at radius 3 is 2.84 bits per heavy atom. The molecule has 0 atom stereocenters. The summed E-state index contributed by atoms with van der Waals surface area (Å²) in [4.78, 5) is 9.69. The van der Waals surface area contributed by atoms with Crippen LogP contribution < -0.4 is 23.1 Å². The Morgan fingerprint density at radius 2 is 2.21 bits per heavy atom. The number of aliphatic imine (C=N–C) groups is 1. The van der Waals surface area contributed by atoms with Crippen LogP contribution in [0.4, 0.5) is 5.82 Å². The van der Waals surface area contributed by atoms with E-state index in [0.717, 1.165) is 21.2 Å². The molecule has 0 amide bonds. The first-order valence-electron chi connectivity index (χ1n) is 5.46. The van der Waals surface area contributed by atoms with E-state index in [-0.39, 0.29) is 31.4 Å². The fourth-order valence-corrected chi connectivity index (χ4v) is 2.74. The third kappa shape index (κ3) is 4.69. The number of aliphatic hydroxyl groups is 1. The van der Waals surface area contributed by atoms with E-state index in [1.165, 1.54) is 0 Å². The number of aromatic nitrogens is 1. The normalized spacial score (nSPS) is 13.7. The van der Waals surface area contributed by atoms with Crippen LogP contribution in [0.5, 0.6) is 0 Å². The van der Waals surface area contributed by atoms with Crippen LogP contribution in [-0.4, -0.2) is 21.7 Å². The maximum absolute atomic E-state index is 8.94. The molecule has 0 aliphatic carbocycles. The predicted molar refractivity (Wildman–Crippen MR) is 78.7 cm³/mol. The first kappa shape index (κ1) is 18.2. The van der Waals surface area contributed by atoms with Gasteiger partial charge >= 0.3 is 0 Å². The summed E-state index contributed by atoms with van der Waals surface area (Å²) in [6, 6.07) is 3.84. The molecule has 1 aromatic heterocycles. The van der Waals surface area contributed by atoms with E-state index < -0.39 is 0 Å². The number of aliphatic hydroxyl groups excluding tert-OH is 1. The highest BCUT2D eigenvalue weighted by Crippen LogP contribution is 2.29. The molecule has 1 radical (unpaired) electrons. The van der Waals surface area contributed by atoms with Crippen molar-refractivity contribution in [3.63, 3.8) is 0 Å². The lowest BCUT2D eigenvalue weighted by Crippen LogP contribution is -3.00. The van der Waals surface area contributed by atoms with E-state index >= 15 is 0 Å². The molecule has 0 fully saturated rings. The molecule has 1 aliphatic heterocycles. The summed E-state index contributed by atoms with van der Waals surface area (Å²) in [6.07, 6.45) is 3.06. The molecule has 3 N–H and O–H groups in total. The number of nitrogens with two attached hydrogens (primary N) is 1. The number of nitrogens with zero attached hydrogens (tertiary/aromatic N) is 2. The quantitative estimate of drug-likeness (QED) is 0.725. The van der Waals surface area contributed by atoms with Gasteiger partial charge in [0.1, 0.15) is 5.82 Å². The van der Waals surface area contributed by atoms with Crippen LogP contribution >= 0.6 is 24.2 Å². The molecule has 2 heterocycles. The molecule has 7 heteroatoms. The summed E-state index contributed by atoms with van der Waals surface area (Å²) in [6.45, 7) is 2.13. The van der Waals surface area contributed by atoms with Crippen molar-refractivity contribution >= 4 is 35.0 Å². The van der Waals surface area contributed by atoms with Crippen molar-refractivity contribution in [3.05, 3.63) is 34.5 Å². The Hall–Kier alpha value is -0.750. The van der Waals surface area contributed by atoms with Crippen molar-refractivity contribution in [1.82, 2.24) is 9.98 Å². The zero-order chi connectivity index (χ0) is 12.3. The molecule has 0 saturated heterocycles. The highest BCUT2D eigenvalue weighted by atomic mass is 35.5. The zero-order valence-corrected chi connectivity index (χ0v) is 12.9. The van der Waals surface area contributed by atoms with Crippen LogP contribution in [0.25, 0.3) is 0 Å². The van der Waals surface area contributed by atoms with Crippen LogP contribution in [0.3, 0.4) is 0 Å². The average Bonchev–Trinajstić information content (AvgIpc) is 2.63. The number of halogens is 2. The lowest BCUT2D eigenvalue weighted by molar-refractivity contribution is -0.00000495. The maximum Gasteiger partial charge on any atom is 0.297 e. The molecule has 19 heavy (non-hydrogen) atoms. The van der Waals surface area contributed by atoms with Crippen LogP contribution in [-0.2, 0) is 6.42 Å². The van der Waals surface area contributed by atoms with Crippen LogP contribution in [0.2, 0.25) is 0 Å². The van der Waals surface area contributed by atoms with Crippen molar-refractivity contribution in [3.8, 4) is 0 Å². The van der Waals surface area contributed by atoms with Crippen LogP contribution in [0.15, 0.2) is 28.9 Å². The topological polar surface area (TPSA) is 73.2 Å². The van der Waals surface area contributed by atoms with E-state index in [2.05, 4.69) is 9.98 Å². The number of allylic oxidation sites excluding steroid dienone is 1. The van der Waals surface area contributed by atoms with E-state index in [1.807, 2.05) is 19.1 Å². The SMILES string of the molecule is CC1=C(CCO)SC(Cc2cccnc2N)=[N+]1.Cl.[Cl-]. The van der Waals surface area contributed by atoms with E-state index in [9.17, 15) is 0 Å². The van der Waals surface area contributed by atoms with Crippen molar-refractivity contribution < 1.29 is 17.5 Å². The lowest BCUT2D eigenvalue weighted by atomic mass is 10.2. The van der Waals surface area contributed by atoms with Gasteiger partial charge in [-0.1, -0.05) is 6.07 Å². The summed E-state index contributed by atoms with van der Waals surface area (Å²) >= 11 is 1.63. The maximum atomic E-state index is 8.94. The Morgan fingerprint density at radius 1 is 1.47 bits per heavy atom. The molecule has 105 valence electrons. The second kappa shape index (κ2) is 8.43. The lowest BCUT2D eigenvalue weighted by Gasteiger charge is -1.99. The number of hydrogen-bond donors (Lipinski definition) is 2. The molecule has 4 nitrogen and oxygen atoms in total. The molecule has 0 spiro atoms. The van der Waals surface area contributed by atoms with Gasteiger partial charge in [-0.3, -0.25) is 0 Å². The van der Waals surface area contributed by atoms with Gasteiger partial charge in [0, 0.05) is 31.7 Å². The standard InChI is InChI=1S/C12H15N3OS.2ClH/c1-8-10(4-6-16)17-11(15-8)7-9-3-2-5-14-12(9)13;;/h2-3,5,16H,4,6-7H2,1H3,(H2,13,14);2*1H/q+1;;/p-1. The summed E-state index contributed by atoms with van der Waals surface area (Å²) in [5.41, 5.74) is 7.80. The van der Waals surface area contributed by atoms with Crippen molar-refractivity contribution in [2.75, 3.05) is 12.3 Å². The minimum Gasteiger partial charge on any atom is -1.00 e. The summed E-state index contributed by atoms with van der Waals surface area (Å²) in [5.74, 6) is 0.559. The fraction of sp³-hybridized carbons (Fsp3) is 0.333. The number of rotatable bonds is 4. The molecule has 1 aromatic rings. The van der Waals surface area contributed by atoms with Gasteiger partial charge in [0.25, 0.3) is 10.7 Å².